The Kier molecular flexibility index (Phi) is 10.1. The fourth-order valence-corrected chi connectivity index (χ4v) is 4.29. The molecular formula is C33H40ClNO4. The Hall–Kier alpha value is -3.44. The van der Waals surface area contributed by atoms with Gasteiger partial charge in [0, 0.05) is 13.1 Å². The van der Waals surface area contributed by atoms with Gasteiger partial charge in [-0.25, -0.2) is 0 Å². The van der Waals surface area contributed by atoms with E-state index in [4.69, 9.17) is 21.1 Å². The van der Waals surface area contributed by atoms with Crippen molar-refractivity contribution in [3.63, 3.8) is 0 Å². The Labute approximate surface area is 238 Å². The van der Waals surface area contributed by atoms with E-state index < -0.39 is 0 Å². The second kappa shape index (κ2) is 13.1. The van der Waals surface area contributed by atoms with Gasteiger partial charge in [-0.2, -0.15) is 0 Å². The monoisotopic (exact) mass is 549 g/mol. The third-order valence-corrected chi connectivity index (χ3v) is 7.15. The van der Waals surface area contributed by atoms with Crippen LogP contribution in [0.3, 0.4) is 0 Å². The van der Waals surface area contributed by atoms with Gasteiger partial charge in [-0.1, -0.05) is 55.4 Å². The van der Waals surface area contributed by atoms with E-state index in [-0.39, 0.29) is 11.0 Å². The molecule has 0 heterocycles. The van der Waals surface area contributed by atoms with Crippen molar-refractivity contribution >= 4 is 29.3 Å². The molecule has 5 nitrogen and oxygen atoms in total. The van der Waals surface area contributed by atoms with Gasteiger partial charge in [0.25, 0.3) is 6.47 Å². The highest BCUT2D eigenvalue weighted by molar-refractivity contribution is 6.33. The predicted molar refractivity (Wildman–Crippen MR) is 161 cm³/mol. The number of hydrogen-bond acceptors (Lipinski definition) is 5. The number of hydrogen-bond donors (Lipinski definition) is 0. The van der Waals surface area contributed by atoms with Crippen LogP contribution in [0.5, 0.6) is 11.5 Å². The first-order valence-electron chi connectivity index (χ1n) is 13.1. The second-order valence-electron chi connectivity index (χ2n) is 11.1. The number of carbonyl (C=O) groups excluding carboxylic acids is 1. The highest BCUT2D eigenvalue weighted by Gasteiger charge is 2.40. The molecule has 0 bridgehead atoms. The normalized spacial score (nSPS) is 13.4. The summed E-state index contributed by atoms with van der Waals surface area (Å²) in [5.41, 5.74) is 5.66. The summed E-state index contributed by atoms with van der Waals surface area (Å²) in [6, 6.07) is 22.7. The maximum atomic E-state index is 9.60. The predicted octanol–water partition coefficient (Wildman–Crippen LogP) is 8.34. The first-order chi connectivity index (χ1) is 18.5. The molecule has 39 heavy (non-hydrogen) atoms. The minimum absolute atomic E-state index is 0.224. The zero-order valence-electron chi connectivity index (χ0n) is 23.9. The van der Waals surface area contributed by atoms with Gasteiger partial charge in [-0.3, -0.25) is 4.79 Å². The third-order valence-electron chi connectivity index (χ3n) is 6.83. The van der Waals surface area contributed by atoms with E-state index >= 15 is 0 Å². The van der Waals surface area contributed by atoms with E-state index in [0.717, 1.165) is 35.3 Å². The van der Waals surface area contributed by atoms with E-state index in [1.54, 1.807) is 14.2 Å². The maximum absolute atomic E-state index is 9.60. The summed E-state index contributed by atoms with van der Waals surface area (Å²) >= 11 is 6.74. The molecule has 1 fully saturated rings. The fourth-order valence-electron chi connectivity index (χ4n) is 4.05. The molecule has 0 N–H and O–H groups in total. The minimum Gasteiger partial charge on any atom is -0.497 e. The van der Waals surface area contributed by atoms with Gasteiger partial charge in [-0.15, -0.1) is 0 Å². The molecule has 6 heteroatoms. The molecular weight excluding hydrogens is 510 g/mol. The average molecular weight is 550 g/mol. The molecule has 0 radical (unpaired) electrons. The largest absolute Gasteiger partial charge is 0.497 e. The van der Waals surface area contributed by atoms with Gasteiger partial charge in [-0.05, 0) is 97.7 Å². The van der Waals surface area contributed by atoms with Crippen molar-refractivity contribution in [2.24, 2.45) is 5.41 Å². The lowest BCUT2D eigenvalue weighted by Gasteiger charge is -2.27. The van der Waals surface area contributed by atoms with Crippen LogP contribution < -0.4 is 14.4 Å². The molecule has 0 saturated heterocycles. The minimum atomic E-state index is -0.318. The number of ether oxygens (including phenoxy) is 3. The number of rotatable bonds is 10. The van der Waals surface area contributed by atoms with Gasteiger partial charge >= 0.3 is 0 Å². The van der Waals surface area contributed by atoms with Crippen LogP contribution in [0, 0.1) is 5.41 Å². The summed E-state index contributed by atoms with van der Waals surface area (Å²) in [6.45, 7) is 14.1. The van der Waals surface area contributed by atoms with E-state index in [0.29, 0.717) is 6.47 Å². The van der Waals surface area contributed by atoms with Crippen LogP contribution in [0.1, 0.15) is 57.2 Å². The van der Waals surface area contributed by atoms with E-state index in [1.165, 1.54) is 35.1 Å². The zero-order chi connectivity index (χ0) is 28.6. The van der Waals surface area contributed by atoms with Crippen LogP contribution in [0.25, 0.3) is 5.57 Å². The van der Waals surface area contributed by atoms with E-state index in [1.807, 2.05) is 51.1 Å². The van der Waals surface area contributed by atoms with Crippen molar-refractivity contribution in [2.45, 2.75) is 59.2 Å². The Bertz CT molecular complexity index is 1190. The van der Waals surface area contributed by atoms with Crippen LogP contribution in [0.4, 0.5) is 5.69 Å². The summed E-state index contributed by atoms with van der Waals surface area (Å²) in [6.07, 6.45) is 2.40. The van der Waals surface area contributed by atoms with Crippen LogP contribution in [-0.4, -0.2) is 26.3 Å². The average Bonchev–Trinajstić information content (AvgIpc) is 3.67. The Balaban J connectivity index is 0.000000532. The molecule has 1 saturated carbocycles. The number of nitrogens with zero attached hydrogens (tertiary/aromatic N) is 1. The van der Waals surface area contributed by atoms with Crippen LogP contribution in [-0.2, 0) is 22.6 Å². The van der Waals surface area contributed by atoms with Gasteiger partial charge in [0.15, 0.2) is 0 Å². The summed E-state index contributed by atoms with van der Waals surface area (Å²) in [4.78, 5) is 11.9. The maximum Gasteiger partial charge on any atom is 0.293 e. The van der Waals surface area contributed by atoms with Gasteiger partial charge in [0.05, 0.1) is 24.9 Å². The molecule has 0 aromatic heterocycles. The number of anilines is 1. The molecule has 0 spiro atoms. The van der Waals surface area contributed by atoms with Crippen molar-refractivity contribution in [3.8, 4) is 11.5 Å². The number of halogens is 1. The summed E-state index contributed by atoms with van der Waals surface area (Å²) < 4.78 is 15.2. The highest BCUT2D eigenvalue weighted by Crippen LogP contribution is 2.54. The quantitative estimate of drug-likeness (QED) is 0.238. The van der Waals surface area contributed by atoms with Crippen molar-refractivity contribution in [1.29, 1.82) is 0 Å². The van der Waals surface area contributed by atoms with Crippen molar-refractivity contribution in [1.82, 2.24) is 0 Å². The zero-order valence-corrected chi connectivity index (χ0v) is 24.7. The molecule has 208 valence electrons. The van der Waals surface area contributed by atoms with Crippen LogP contribution in [0.2, 0.25) is 5.02 Å². The number of carbonyl (C=O) groups is 1. The standard InChI is InChI=1S/C28H30ClNO2.C5H10O2/c1-20(28(2)15-16-28)23-9-14-26(29)27(17-23)30(18-21-5-10-24(31-3)11-6-21)19-22-7-12-25(32-4)13-8-22;1-5(2,3)7-4-6/h5-14,17H,1,15-16,18-19H2,2-4H3;4H,1-3H3. The molecule has 3 aromatic rings. The summed E-state index contributed by atoms with van der Waals surface area (Å²) in [5, 5.41) is 0.740. The topological polar surface area (TPSA) is 48.0 Å². The summed E-state index contributed by atoms with van der Waals surface area (Å²) in [7, 11) is 3.37. The fraction of sp³-hybridized carbons (Fsp3) is 0.364. The Morgan fingerprint density at radius 3 is 1.77 bits per heavy atom. The lowest BCUT2D eigenvalue weighted by Crippen LogP contribution is -2.22. The highest BCUT2D eigenvalue weighted by atomic mass is 35.5. The van der Waals surface area contributed by atoms with Gasteiger partial charge < -0.3 is 19.1 Å². The second-order valence-corrected chi connectivity index (χ2v) is 11.5. The lowest BCUT2D eigenvalue weighted by atomic mass is 9.92. The molecule has 0 atom stereocenters. The SMILES string of the molecule is C=C(c1ccc(Cl)c(N(Cc2ccc(OC)cc2)Cc2ccc(OC)cc2)c1)C1(C)CC1.CC(C)(C)OC=O. The van der Waals surface area contributed by atoms with Crippen molar-refractivity contribution in [3.05, 3.63) is 95.0 Å². The van der Waals surface area contributed by atoms with Crippen molar-refractivity contribution in [2.75, 3.05) is 19.1 Å². The first-order valence-corrected chi connectivity index (χ1v) is 13.5. The summed E-state index contributed by atoms with van der Waals surface area (Å²) in [5.74, 6) is 1.70. The first kappa shape index (κ1) is 30.1. The smallest absolute Gasteiger partial charge is 0.293 e. The molecule has 0 aliphatic heterocycles. The lowest BCUT2D eigenvalue weighted by molar-refractivity contribution is -0.138. The van der Waals surface area contributed by atoms with E-state index in [9.17, 15) is 4.79 Å². The molecule has 3 aromatic carbocycles. The third kappa shape index (κ3) is 8.79. The van der Waals surface area contributed by atoms with Crippen LogP contribution >= 0.6 is 11.6 Å². The molecule has 1 aliphatic rings. The van der Waals surface area contributed by atoms with Gasteiger partial charge in [0.2, 0.25) is 0 Å². The number of benzene rings is 3. The van der Waals surface area contributed by atoms with Gasteiger partial charge in [0.1, 0.15) is 17.1 Å². The molecule has 0 amide bonds. The van der Waals surface area contributed by atoms with Crippen molar-refractivity contribution < 1.29 is 19.0 Å². The van der Waals surface area contributed by atoms with E-state index in [2.05, 4.69) is 59.5 Å². The van der Waals surface area contributed by atoms with Crippen LogP contribution in [0.15, 0.2) is 73.3 Å². The number of allylic oxidation sites excluding steroid dienone is 1. The molecule has 1 aliphatic carbocycles. The number of methoxy groups -OCH3 is 2. The Morgan fingerprint density at radius 1 is 0.923 bits per heavy atom. The Morgan fingerprint density at radius 2 is 1.41 bits per heavy atom. The molecule has 4 rings (SSSR count). The molecule has 0 unspecified atom stereocenters.